The molecule has 0 saturated carbocycles. The van der Waals surface area contributed by atoms with Gasteiger partial charge in [0.2, 0.25) is 0 Å². The van der Waals surface area contributed by atoms with E-state index >= 15 is 0 Å². The number of aromatic nitrogens is 1. The summed E-state index contributed by atoms with van der Waals surface area (Å²) in [6, 6.07) is 23.6. The summed E-state index contributed by atoms with van der Waals surface area (Å²) in [4.78, 5) is 30.5. The minimum atomic E-state index is -0.753. The molecular weight excluding hydrogens is 396 g/mol. The van der Waals surface area contributed by atoms with E-state index in [-0.39, 0.29) is 5.91 Å². The summed E-state index contributed by atoms with van der Waals surface area (Å²) in [5.41, 5.74) is 3.14. The third-order valence-corrected chi connectivity index (χ3v) is 5.86. The highest BCUT2D eigenvalue weighted by atomic mass is 32.1. The Morgan fingerprint density at radius 2 is 1.60 bits per heavy atom. The van der Waals surface area contributed by atoms with Crippen LogP contribution in [-0.4, -0.2) is 23.6 Å². The largest absolute Gasteiger partial charge is 0.467 e. The van der Waals surface area contributed by atoms with Gasteiger partial charge in [-0.25, -0.2) is 4.79 Å². The zero-order valence-electron chi connectivity index (χ0n) is 16.6. The van der Waals surface area contributed by atoms with Crippen molar-refractivity contribution < 1.29 is 14.3 Å². The molecule has 1 amide bonds. The normalized spacial score (nSPS) is 12.7. The van der Waals surface area contributed by atoms with Gasteiger partial charge >= 0.3 is 5.97 Å². The van der Waals surface area contributed by atoms with Crippen molar-refractivity contribution in [3.8, 4) is 0 Å². The van der Waals surface area contributed by atoms with Gasteiger partial charge in [-0.3, -0.25) is 9.36 Å². The van der Waals surface area contributed by atoms with Crippen molar-refractivity contribution in [2.75, 3.05) is 7.11 Å². The maximum Gasteiger partial charge on any atom is 0.333 e. The zero-order chi connectivity index (χ0) is 21.1. The molecule has 0 bridgehead atoms. The Morgan fingerprint density at radius 1 is 0.933 bits per heavy atom. The first kappa shape index (κ1) is 19.8. The first-order chi connectivity index (χ1) is 14.6. The van der Waals surface area contributed by atoms with Crippen molar-refractivity contribution in [1.29, 1.82) is 0 Å². The van der Waals surface area contributed by atoms with E-state index in [0.717, 1.165) is 21.3 Å². The van der Waals surface area contributed by atoms with Gasteiger partial charge < -0.3 is 4.74 Å². The summed E-state index contributed by atoms with van der Waals surface area (Å²) >= 11 is 1.37. The summed E-state index contributed by atoms with van der Waals surface area (Å²) in [5.74, 6) is -0.777. The standard InChI is InChI=1S/C24H20N2O3S/c1-16-12-14-18(15-13-16)22(27)25-24-26(19-10-6-7-11-20(19)30-24)21(23(28)29-2)17-8-4-3-5-9-17/h3-15,21H,1-2H3. The molecule has 0 radical (unpaired) electrons. The molecular formula is C24H20N2O3S. The molecule has 1 heterocycles. The molecule has 0 saturated heterocycles. The predicted molar refractivity (Wildman–Crippen MR) is 117 cm³/mol. The van der Waals surface area contributed by atoms with Crippen LogP contribution in [0, 0.1) is 6.92 Å². The average molecular weight is 417 g/mol. The number of carbonyl (C=O) groups excluding carboxylic acids is 2. The molecule has 0 aliphatic carbocycles. The number of fused-ring (bicyclic) bond motifs is 1. The Balaban J connectivity index is 1.95. The second-order valence-electron chi connectivity index (χ2n) is 6.84. The van der Waals surface area contributed by atoms with Crippen LogP contribution in [0.15, 0.2) is 83.9 Å². The zero-order valence-corrected chi connectivity index (χ0v) is 17.4. The van der Waals surface area contributed by atoms with E-state index in [1.807, 2.05) is 73.7 Å². The van der Waals surface area contributed by atoms with Crippen LogP contribution in [0.1, 0.15) is 27.5 Å². The van der Waals surface area contributed by atoms with Crippen LogP contribution in [0.3, 0.4) is 0 Å². The molecule has 0 spiro atoms. The summed E-state index contributed by atoms with van der Waals surface area (Å²) in [7, 11) is 1.36. The lowest BCUT2D eigenvalue weighted by molar-refractivity contribution is -0.143. The monoisotopic (exact) mass is 416 g/mol. The van der Waals surface area contributed by atoms with E-state index in [1.165, 1.54) is 18.4 Å². The van der Waals surface area contributed by atoms with Gasteiger partial charge in [0.15, 0.2) is 10.8 Å². The van der Waals surface area contributed by atoms with Crippen LogP contribution in [0.25, 0.3) is 10.2 Å². The molecule has 0 N–H and O–H groups in total. The number of rotatable bonds is 4. The van der Waals surface area contributed by atoms with Gasteiger partial charge in [-0.1, -0.05) is 71.5 Å². The molecule has 3 aromatic carbocycles. The molecule has 1 unspecified atom stereocenters. The molecule has 6 heteroatoms. The van der Waals surface area contributed by atoms with Crippen molar-refractivity contribution in [2.24, 2.45) is 4.99 Å². The number of methoxy groups -OCH3 is 1. The average Bonchev–Trinajstić information content (AvgIpc) is 3.12. The van der Waals surface area contributed by atoms with E-state index < -0.39 is 12.0 Å². The molecule has 5 nitrogen and oxygen atoms in total. The Labute approximate surface area is 177 Å². The van der Waals surface area contributed by atoms with E-state index in [0.29, 0.717) is 10.4 Å². The van der Waals surface area contributed by atoms with Gasteiger partial charge in [-0.15, -0.1) is 0 Å². The van der Waals surface area contributed by atoms with E-state index in [9.17, 15) is 9.59 Å². The number of carbonyl (C=O) groups is 2. The van der Waals surface area contributed by atoms with Crippen molar-refractivity contribution >= 4 is 33.4 Å². The molecule has 1 aromatic heterocycles. The number of amides is 1. The topological polar surface area (TPSA) is 60.7 Å². The Bertz CT molecular complexity index is 1270. The minimum Gasteiger partial charge on any atom is -0.467 e. The number of hydrogen-bond donors (Lipinski definition) is 0. The van der Waals surface area contributed by atoms with E-state index in [4.69, 9.17) is 4.74 Å². The second kappa shape index (κ2) is 8.47. The van der Waals surface area contributed by atoms with Crippen LogP contribution >= 0.6 is 11.3 Å². The van der Waals surface area contributed by atoms with Gasteiger partial charge in [0.1, 0.15) is 0 Å². The molecule has 0 aliphatic heterocycles. The van der Waals surface area contributed by atoms with Crippen LogP contribution in [-0.2, 0) is 9.53 Å². The van der Waals surface area contributed by atoms with Crippen molar-refractivity contribution in [3.05, 3.63) is 100 Å². The summed E-state index contributed by atoms with van der Waals surface area (Å²) < 4.78 is 7.83. The fraction of sp³-hybridized carbons (Fsp3) is 0.125. The van der Waals surface area contributed by atoms with Crippen LogP contribution in [0.2, 0.25) is 0 Å². The maximum absolute atomic E-state index is 12.9. The van der Waals surface area contributed by atoms with Gasteiger partial charge in [0.25, 0.3) is 5.91 Å². The molecule has 1 atom stereocenters. The summed E-state index contributed by atoms with van der Waals surface area (Å²) in [5, 5.41) is 0. The highest BCUT2D eigenvalue weighted by molar-refractivity contribution is 7.16. The molecule has 4 rings (SSSR count). The fourth-order valence-corrected chi connectivity index (χ4v) is 4.35. The number of esters is 1. The number of thiazole rings is 1. The lowest BCUT2D eigenvalue weighted by Crippen LogP contribution is -2.29. The molecule has 0 fully saturated rings. The van der Waals surface area contributed by atoms with Gasteiger partial charge in [0, 0.05) is 5.56 Å². The SMILES string of the molecule is COC(=O)C(c1ccccc1)n1c(=NC(=O)c2ccc(C)cc2)sc2ccccc21. The smallest absolute Gasteiger partial charge is 0.333 e. The Hall–Kier alpha value is -3.51. The van der Waals surface area contributed by atoms with E-state index in [1.54, 1.807) is 16.7 Å². The molecule has 150 valence electrons. The lowest BCUT2D eigenvalue weighted by Gasteiger charge is -2.18. The highest BCUT2D eigenvalue weighted by Gasteiger charge is 2.26. The third-order valence-electron chi connectivity index (χ3n) is 4.83. The number of ether oxygens (including phenoxy) is 1. The number of benzene rings is 3. The Morgan fingerprint density at radius 3 is 2.30 bits per heavy atom. The van der Waals surface area contributed by atoms with Gasteiger partial charge in [0.05, 0.1) is 17.3 Å². The predicted octanol–water partition coefficient (Wildman–Crippen LogP) is 4.51. The van der Waals surface area contributed by atoms with E-state index in [2.05, 4.69) is 4.99 Å². The summed E-state index contributed by atoms with van der Waals surface area (Å²) in [6.45, 7) is 1.96. The fourth-order valence-electron chi connectivity index (χ4n) is 3.30. The maximum atomic E-state index is 12.9. The number of para-hydroxylation sites is 1. The second-order valence-corrected chi connectivity index (χ2v) is 7.85. The first-order valence-electron chi connectivity index (χ1n) is 9.47. The lowest BCUT2D eigenvalue weighted by atomic mass is 10.1. The number of aryl methyl sites for hydroxylation is 1. The Kier molecular flexibility index (Phi) is 5.59. The van der Waals surface area contributed by atoms with Gasteiger partial charge in [-0.2, -0.15) is 4.99 Å². The van der Waals surface area contributed by atoms with Gasteiger partial charge in [-0.05, 0) is 36.8 Å². The molecule has 4 aromatic rings. The highest BCUT2D eigenvalue weighted by Crippen LogP contribution is 2.26. The number of hydrogen-bond acceptors (Lipinski definition) is 4. The summed E-state index contributed by atoms with van der Waals surface area (Å²) in [6.07, 6.45) is 0. The minimum absolute atomic E-state index is 0.355. The van der Waals surface area contributed by atoms with Crippen LogP contribution < -0.4 is 4.80 Å². The third kappa shape index (κ3) is 3.82. The quantitative estimate of drug-likeness (QED) is 0.460. The number of nitrogens with zero attached hydrogens (tertiary/aromatic N) is 2. The van der Waals surface area contributed by atoms with Crippen molar-refractivity contribution in [1.82, 2.24) is 4.57 Å². The molecule has 0 aliphatic rings. The van der Waals surface area contributed by atoms with Crippen LogP contribution in [0.5, 0.6) is 0 Å². The van der Waals surface area contributed by atoms with Crippen molar-refractivity contribution in [2.45, 2.75) is 13.0 Å². The molecule has 30 heavy (non-hydrogen) atoms. The first-order valence-corrected chi connectivity index (χ1v) is 10.3. The van der Waals surface area contributed by atoms with Crippen LogP contribution in [0.4, 0.5) is 0 Å². The van der Waals surface area contributed by atoms with Crippen molar-refractivity contribution in [3.63, 3.8) is 0 Å².